The largest absolute Gasteiger partial charge is 0.313 e. The van der Waals surface area contributed by atoms with Crippen LogP contribution in [0.5, 0.6) is 0 Å². The predicted octanol–water partition coefficient (Wildman–Crippen LogP) is 5.47. The Morgan fingerprint density at radius 2 is 1.45 bits per heavy atom. The zero-order valence-corrected chi connectivity index (χ0v) is 27.0. The zero-order valence-electron chi connectivity index (χ0n) is 26.0. The molecule has 1 aliphatic carbocycles. The Hall–Kier alpha value is -4.08. The molecule has 3 heteroatoms. The Morgan fingerprint density at radius 3 is 2.32 bits per heavy atom. The first-order valence-electron chi connectivity index (χ1n) is 16.6. The highest BCUT2D eigenvalue weighted by atomic mass is 28.3. The summed E-state index contributed by atoms with van der Waals surface area (Å²) in [5.41, 5.74) is 13.3. The summed E-state index contributed by atoms with van der Waals surface area (Å²) in [5, 5.41) is 6.20. The molecule has 1 unspecified atom stereocenters. The second-order valence-electron chi connectivity index (χ2n) is 13.8. The molecule has 2 aliphatic heterocycles. The molecule has 3 heterocycles. The normalized spacial score (nSPS) is 19.2. The lowest BCUT2D eigenvalue weighted by Crippen LogP contribution is -2.84. The van der Waals surface area contributed by atoms with Crippen molar-refractivity contribution in [3.8, 4) is 5.69 Å². The van der Waals surface area contributed by atoms with Crippen LogP contribution in [-0.4, -0.2) is 19.4 Å². The van der Waals surface area contributed by atoms with Gasteiger partial charge in [-0.15, -0.1) is 0 Å². The van der Waals surface area contributed by atoms with Crippen LogP contribution in [0.1, 0.15) is 56.0 Å². The van der Waals surface area contributed by atoms with Crippen molar-refractivity contribution in [1.29, 1.82) is 0 Å². The predicted molar refractivity (Wildman–Crippen MR) is 191 cm³/mol. The van der Waals surface area contributed by atoms with Crippen molar-refractivity contribution in [3.63, 3.8) is 0 Å². The van der Waals surface area contributed by atoms with Gasteiger partial charge in [0.2, 0.25) is 6.71 Å². The lowest BCUT2D eigenvalue weighted by molar-refractivity contribution is 0.645. The van der Waals surface area contributed by atoms with Gasteiger partial charge in [-0.1, -0.05) is 145 Å². The van der Waals surface area contributed by atoms with Gasteiger partial charge in [0, 0.05) is 22.2 Å². The number of para-hydroxylation sites is 1. The molecule has 0 saturated heterocycles. The van der Waals surface area contributed by atoms with Crippen LogP contribution < -0.4 is 31.9 Å². The molecule has 6 aromatic rings. The molecule has 0 fully saturated rings. The molecule has 5 aromatic carbocycles. The van der Waals surface area contributed by atoms with E-state index < -0.39 is 8.07 Å². The molecule has 214 valence electrons. The number of aromatic nitrogens is 1. The van der Waals surface area contributed by atoms with Gasteiger partial charge in [0.25, 0.3) is 0 Å². The van der Waals surface area contributed by atoms with Gasteiger partial charge in [0.15, 0.2) is 0 Å². The van der Waals surface area contributed by atoms with Crippen molar-refractivity contribution in [2.75, 3.05) is 0 Å². The average Bonchev–Trinajstić information content (AvgIpc) is 3.41. The lowest BCUT2D eigenvalue weighted by atomic mass is 9.31. The number of benzene rings is 5. The Kier molecular flexibility index (Phi) is 5.66. The molecular formula is C41H38BNSi. The molecule has 1 nitrogen and oxygen atoms in total. The minimum Gasteiger partial charge on any atom is -0.313 e. The minimum atomic E-state index is -2.24. The van der Waals surface area contributed by atoms with Gasteiger partial charge in [-0.05, 0) is 71.8 Å². The van der Waals surface area contributed by atoms with Crippen molar-refractivity contribution in [2.45, 2.75) is 57.9 Å². The third-order valence-electron chi connectivity index (χ3n) is 11.5. The molecular weight excluding hydrogens is 545 g/mol. The van der Waals surface area contributed by atoms with Crippen LogP contribution in [0.4, 0.5) is 0 Å². The molecule has 0 saturated carbocycles. The van der Waals surface area contributed by atoms with E-state index in [1.807, 2.05) is 0 Å². The second kappa shape index (κ2) is 9.46. The smallest absolute Gasteiger partial charge is 0.241 e. The third-order valence-corrected chi connectivity index (χ3v) is 16.6. The summed E-state index contributed by atoms with van der Waals surface area (Å²) in [7, 11) is -2.24. The summed E-state index contributed by atoms with van der Waals surface area (Å²) in [6, 6.07) is 46.0. The van der Waals surface area contributed by atoms with E-state index >= 15 is 0 Å². The maximum atomic E-state index is 2.61. The summed E-state index contributed by atoms with van der Waals surface area (Å²) >= 11 is 0. The van der Waals surface area contributed by atoms with E-state index in [1.165, 1.54) is 68.8 Å². The third kappa shape index (κ3) is 3.31. The van der Waals surface area contributed by atoms with Crippen LogP contribution in [-0.2, 0) is 18.3 Å². The average molecular weight is 584 g/mol. The molecule has 3 aliphatic rings. The second-order valence-corrected chi connectivity index (χ2v) is 18.0. The molecule has 0 radical (unpaired) electrons. The topological polar surface area (TPSA) is 4.93 Å². The Morgan fingerprint density at radius 1 is 0.705 bits per heavy atom. The summed E-state index contributed by atoms with van der Waals surface area (Å²) in [6.45, 7) is 7.61. The maximum absolute atomic E-state index is 2.61. The van der Waals surface area contributed by atoms with Gasteiger partial charge in [-0.3, -0.25) is 0 Å². The quantitative estimate of drug-likeness (QED) is 0.244. The maximum Gasteiger partial charge on any atom is 0.241 e. The van der Waals surface area contributed by atoms with E-state index in [4.69, 9.17) is 0 Å². The van der Waals surface area contributed by atoms with Crippen LogP contribution in [0.25, 0.3) is 16.6 Å². The van der Waals surface area contributed by atoms with E-state index in [0.717, 1.165) is 12.5 Å². The van der Waals surface area contributed by atoms with Crippen molar-refractivity contribution < 1.29 is 0 Å². The van der Waals surface area contributed by atoms with E-state index in [1.54, 1.807) is 21.4 Å². The van der Waals surface area contributed by atoms with Gasteiger partial charge in [-0.2, -0.15) is 0 Å². The molecule has 0 amide bonds. The number of fused-ring (bicyclic) bond motifs is 7. The van der Waals surface area contributed by atoms with Gasteiger partial charge >= 0.3 is 0 Å². The zero-order chi connectivity index (χ0) is 29.6. The molecule has 9 rings (SSSR count). The van der Waals surface area contributed by atoms with Crippen molar-refractivity contribution in [1.82, 2.24) is 4.57 Å². The first-order valence-corrected chi connectivity index (χ1v) is 18.8. The number of hydrogen-bond donors (Lipinski definition) is 0. The number of nitrogens with zero attached hydrogens (tertiary/aromatic N) is 1. The first kappa shape index (κ1) is 26.3. The molecule has 1 aromatic heterocycles. The van der Waals surface area contributed by atoms with Crippen molar-refractivity contribution in [2.24, 2.45) is 0 Å². The molecule has 0 N–H and O–H groups in total. The van der Waals surface area contributed by atoms with Crippen LogP contribution in [0.2, 0.25) is 6.04 Å². The fraction of sp³-hybridized carbons (Fsp3) is 0.220. The van der Waals surface area contributed by atoms with Crippen LogP contribution in [0.15, 0.2) is 115 Å². The summed E-state index contributed by atoms with van der Waals surface area (Å²) in [6.07, 6.45) is 4.92. The highest BCUT2D eigenvalue weighted by molar-refractivity contribution is 7.20. The van der Waals surface area contributed by atoms with Crippen LogP contribution in [0, 0.1) is 0 Å². The molecule has 0 bridgehead atoms. The summed E-state index contributed by atoms with van der Waals surface area (Å²) in [4.78, 5) is 0. The summed E-state index contributed by atoms with van der Waals surface area (Å²) < 4.78 is 2.61. The molecule has 1 atom stereocenters. The fourth-order valence-corrected chi connectivity index (χ4v) is 14.7. The Labute approximate surface area is 262 Å². The lowest BCUT2D eigenvalue weighted by Gasteiger charge is -2.48. The molecule has 44 heavy (non-hydrogen) atoms. The van der Waals surface area contributed by atoms with Gasteiger partial charge < -0.3 is 4.57 Å². The van der Waals surface area contributed by atoms with Gasteiger partial charge in [0.1, 0.15) is 8.07 Å². The van der Waals surface area contributed by atoms with Gasteiger partial charge in [-0.25, -0.2) is 0 Å². The van der Waals surface area contributed by atoms with Crippen molar-refractivity contribution >= 4 is 57.6 Å². The monoisotopic (exact) mass is 583 g/mol. The summed E-state index contributed by atoms with van der Waals surface area (Å²) in [5.74, 6) is 0. The van der Waals surface area contributed by atoms with Crippen molar-refractivity contribution in [3.05, 3.63) is 138 Å². The van der Waals surface area contributed by atoms with Gasteiger partial charge in [0.05, 0.1) is 5.52 Å². The SMILES string of the molecule is CC[Si]1(c2ccccc2)c2ccccc2B2c3cc(-n4c5c(c6ccccc64)CCCC5)ccc3C(C)(C)c3cccc1c32. The van der Waals surface area contributed by atoms with E-state index in [9.17, 15) is 0 Å². The number of rotatable bonds is 3. The van der Waals surface area contributed by atoms with E-state index in [-0.39, 0.29) is 12.1 Å². The van der Waals surface area contributed by atoms with E-state index in [2.05, 4.69) is 141 Å². The standard InChI is InChI=1S/C41H38BNSi/c1-4-44(29-15-6-5-7-16-29)38-23-13-10-20-34(38)42-35-27-28(25-26-32(35)41(2,3)33-19-14-24-39(44)40(33)42)43-36-21-11-8-17-30(36)31-18-9-12-22-37(31)43/h5-8,10-11,13-17,19-21,23-27H,4,9,12,18,22H2,1-3H3. The van der Waals surface area contributed by atoms with E-state index in [0.29, 0.717) is 0 Å². The Bertz CT molecular complexity index is 2110. The Balaban J connectivity index is 1.36. The van der Waals surface area contributed by atoms with Crippen LogP contribution in [0.3, 0.4) is 0 Å². The number of aryl methyl sites for hydroxylation is 1. The fourth-order valence-electron chi connectivity index (χ4n) is 9.61. The van der Waals surface area contributed by atoms with Crippen LogP contribution >= 0.6 is 0 Å². The highest BCUT2D eigenvalue weighted by Gasteiger charge is 2.52. The first-order chi connectivity index (χ1) is 21.6. The minimum absolute atomic E-state index is 0.0786. The molecule has 0 spiro atoms. The number of hydrogen-bond acceptors (Lipinski definition) is 0. The highest BCUT2D eigenvalue weighted by Crippen LogP contribution is 2.37.